The van der Waals surface area contributed by atoms with Gasteiger partial charge in [-0.3, -0.25) is 4.79 Å². The summed E-state index contributed by atoms with van der Waals surface area (Å²) in [6, 6.07) is 1.11. The summed E-state index contributed by atoms with van der Waals surface area (Å²) >= 11 is 0. The average molecular weight is 196 g/mol. The van der Waals surface area contributed by atoms with Crippen molar-refractivity contribution in [1.82, 2.24) is 10.2 Å². The van der Waals surface area contributed by atoms with Gasteiger partial charge in [0.15, 0.2) is 0 Å². The largest absolute Gasteiger partial charge is 0.339 e. The van der Waals surface area contributed by atoms with Crippen LogP contribution in [0.4, 0.5) is 0 Å². The molecular weight excluding hydrogens is 176 g/mol. The third-order valence-electron chi connectivity index (χ3n) is 3.15. The van der Waals surface area contributed by atoms with Crippen molar-refractivity contribution in [3.8, 4) is 0 Å². The van der Waals surface area contributed by atoms with Gasteiger partial charge in [0.25, 0.3) is 0 Å². The zero-order valence-corrected chi connectivity index (χ0v) is 9.34. The summed E-state index contributed by atoms with van der Waals surface area (Å²) in [6.07, 6.45) is 2.47. The Morgan fingerprint density at radius 3 is 2.14 bits per heavy atom. The molecule has 0 aromatic rings. The molecule has 2 aliphatic rings. The van der Waals surface area contributed by atoms with E-state index < -0.39 is 0 Å². The molecule has 2 heterocycles. The van der Waals surface area contributed by atoms with Crippen molar-refractivity contribution >= 4 is 5.91 Å². The Bertz CT molecular complexity index is 232. The first-order chi connectivity index (χ1) is 6.47. The summed E-state index contributed by atoms with van der Waals surface area (Å²) < 4.78 is 0. The van der Waals surface area contributed by atoms with Crippen LogP contribution in [-0.4, -0.2) is 36.0 Å². The van der Waals surface area contributed by atoms with Crippen LogP contribution in [-0.2, 0) is 4.79 Å². The van der Waals surface area contributed by atoms with Crippen LogP contribution >= 0.6 is 0 Å². The number of carbonyl (C=O) groups excluding carboxylic acids is 1. The van der Waals surface area contributed by atoms with E-state index in [-0.39, 0.29) is 5.41 Å². The van der Waals surface area contributed by atoms with Crippen molar-refractivity contribution in [2.75, 3.05) is 13.1 Å². The van der Waals surface area contributed by atoms with Gasteiger partial charge in [0.2, 0.25) is 5.91 Å². The number of amides is 1. The normalized spacial score (nSPS) is 32.1. The molecular formula is C11H20N2O. The van der Waals surface area contributed by atoms with Crippen LogP contribution in [0, 0.1) is 5.41 Å². The molecule has 3 heteroatoms. The van der Waals surface area contributed by atoms with E-state index in [0.29, 0.717) is 18.0 Å². The molecule has 2 atom stereocenters. The highest BCUT2D eigenvalue weighted by atomic mass is 16.2. The number of piperazine rings is 1. The lowest BCUT2D eigenvalue weighted by Gasteiger charge is -2.36. The molecule has 1 amide bonds. The molecule has 2 fully saturated rings. The Hall–Kier alpha value is -0.570. The summed E-state index contributed by atoms with van der Waals surface area (Å²) in [6.45, 7) is 7.82. The summed E-state index contributed by atoms with van der Waals surface area (Å²) in [7, 11) is 0. The van der Waals surface area contributed by atoms with Gasteiger partial charge < -0.3 is 10.2 Å². The van der Waals surface area contributed by atoms with Crippen LogP contribution < -0.4 is 5.32 Å². The molecule has 0 aromatic heterocycles. The third kappa shape index (κ3) is 1.78. The van der Waals surface area contributed by atoms with Crippen molar-refractivity contribution in [2.45, 2.75) is 45.7 Å². The summed E-state index contributed by atoms with van der Waals surface area (Å²) in [5, 5.41) is 3.53. The number of likely N-dealkylation sites (tertiary alicyclic amines) is 1. The van der Waals surface area contributed by atoms with E-state index in [4.69, 9.17) is 0 Å². The summed E-state index contributed by atoms with van der Waals surface area (Å²) in [5.74, 6) is 0.302. The zero-order valence-electron chi connectivity index (χ0n) is 9.34. The molecule has 2 unspecified atom stereocenters. The highest BCUT2D eigenvalue weighted by Crippen LogP contribution is 2.24. The molecule has 2 rings (SSSR count). The highest BCUT2D eigenvalue weighted by Gasteiger charge is 2.37. The van der Waals surface area contributed by atoms with Crippen molar-refractivity contribution in [3.63, 3.8) is 0 Å². The van der Waals surface area contributed by atoms with Crippen LogP contribution in [0.1, 0.15) is 33.6 Å². The minimum atomic E-state index is -0.225. The lowest BCUT2D eigenvalue weighted by Crippen LogP contribution is -2.55. The van der Waals surface area contributed by atoms with E-state index in [2.05, 4.69) is 5.32 Å². The maximum Gasteiger partial charge on any atom is 0.228 e. The van der Waals surface area contributed by atoms with E-state index in [1.807, 2.05) is 25.7 Å². The standard InChI is InChI=1S/C11H20N2O/c1-11(2,3)10(14)13-6-8-4-5-9(7-13)12-8/h8-9,12H,4-7H2,1-3H3. The first kappa shape index (κ1) is 9.97. The lowest BCUT2D eigenvalue weighted by atomic mass is 9.94. The van der Waals surface area contributed by atoms with Gasteiger partial charge in [-0.05, 0) is 12.8 Å². The summed E-state index contributed by atoms with van der Waals surface area (Å²) in [4.78, 5) is 14.1. The summed E-state index contributed by atoms with van der Waals surface area (Å²) in [5.41, 5.74) is -0.225. The number of carbonyl (C=O) groups is 1. The fourth-order valence-corrected chi connectivity index (χ4v) is 2.44. The maximum atomic E-state index is 12.0. The van der Waals surface area contributed by atoms with Gasteiger partial charge in [0, 0.05) is 30.6 Å². The topological polar surface area (TPSA) is 32.3 Å². The second kappa shape index (κ2) is 3.23. The number of hydrogen-bond donors (Lipinski definition) is 1. The monoisotopic (exact) mass is 196 g/mol. The molecule has 3 nitrogen and oxygen atoms in total. The maximum absolute atomic E-state index is 12.0. The third-order valence-corrected chi connectivity index (χ3v) is 3.15. The Morgan fingerprint density at radius 1 is 1.21 bits per heavy atom. The van der Waals surface area contributed by atoms with Crippen LogP contribution in [0.2, 0.25) is 0 Å². The average Bonchev–Trinajstić information content (AvgIpc) is 2.42. The predicted octanol–water partition coefficient (Wildman–Crippen LogP) is 0.995. The molecule has 2 aliphatic heterocycles. The second-order valence-electron chi connectivity index (χ2n) is 5.60. The van der Waals surface area contributed by atoms with Gasteiger partial charge in [0.1, 0.15) is 0 Å². The van der Waals surface area contributed by atoms with Crippen molar-refractivity contribution in [2.24, 2.45) is 5.41 Å². The minimum Gasteiger partial charge on any atom is -0.339 e. The molecule has 0 radical (unpaired) electrons. The van der Waals surface area contributed by atoms with E-state index in [0.717, 1.165) is 13.1 Å². The molecule has 80 valence electrons. The highest BCUT2D eigenvalue weighted by molar-refractivity contribution is 5.81. The fraction of sp³-hybridized carbons (Fsp3) is 0.909. The number of rotatable bonds is 0. The molecule has 0 saturated carbocycles. The van der Waals surface area contributed by atoms with Gasteiger partial charge in [0.05, 0.1) is 0 Å². The number of fused-ring (bicyclic) bond motifs is 2. The van der Waals surface area contributed by atoms with Crippen LogP contribution in [0.25, 0.3) is 0 Å². The Balaban J connectivity index is 2.03. The zero-order chi connectivity index (χ0) is 10.3. The van der Waals surface area contributed by atoms with E-state index in [9.17, 15) is 4.79 Å². The predicted molar refractivity (Wildman–Crippen MR) is 56.0 cm³/mol. The number of hydrogen-bond acceptors (Lipinski definition) is 2. The Labute approximate surface area is 85.8 Å². The first-order valence-corrected chi connectivity index (χ1v) is 5.52. The van der Waals surface area contributed by atoms with E-state index in [1.54, 1.807) is 0 Å². The molecule has 1 N–H and O–H groups in total. The number of nitrogens with one attached hydrogen (secondary N) is 1. The molecule has 2 bridgehead atoms. The quantitative estimate of drug-likeness (QED) is 0.627. The smallest absolute Gasteiger partial charge is 0.228 e. The van der Waals surface area contributed by atoms with Crippen molar-refractivity contribution in [3.05, 3.63) is 0 Å². The molecule has 14 heavy (non-hydrogen) atoms. The lowest BCUT2D eigenvalue weighted by molar-refractivity contribution is -0.140. The van der Waals surface area contributed by atoms with Crippen LogP contribution in [0.15, 0.2) is 0 Å². The van der Waals surface area contributed by atoms with Crippen molar-refractivity contribution in [1.29, 1.82) is 0 Å². The molecule has 0 aliphatic carbocycles. The van der Waals surface area contributed by atoms with E-state index in [1.165, 1.54) is 12.8 Å². The van der Waals surface area contributed by atoms with Crippen LogP contribution in [0.5, 0.6) is 0 Å². The van der Waals surface area contributed by atoms with Gasteiger partial charge >= 0.3 is 0 Å². The van der Waals surface area contributed by atoms with Gasteiger partial charge in [-0.25, -0.2) is 0 Å². The van der Waals surface area contributed by atoms with Gasteiger partial charge in [-0.1, -0.05) is 20.8 Å². The SMILES string of the molecule is CC(C)(C)C(=O)N1CC2CCC(C1)N2. The van der Waals surface area contributed by atoms with Crippen molar-refractivity contribution < 1.29 is 4.79 Å². The Morgan fingerprint density at radius 2 is 1.71 bits per heavy atom. The van der Waals surface area contributed by atoms with E-state index >= 15 is 0 Å². The molecule has 0 aromatic carbocycles. The van der Waals surface area contributed by atoms with Crippen LogP contribution in [0.3, 0.4) is 0 Å². The van der Waals surface area contributed by atoms with Gasteiger partial charge in [-0.2, -0.15) is 0 Å². The molecule has 2 saturated heterocycles. The second-order valence-corrected chi connectivity index (χ2v) is 5.60. The molecule has 0 spiro atoms. The fourth-order valence-electron chi connectivity index (χ4n) is 2.44. The first-order valence-electron chi connectivity index (χ1n) is 5.52. The number of nitrogens with zero attached hydrogens (tertiary/aromatic N) is 1. The minimum absolute atomic E-state index is 0.225. The van der Waals surface area contributed by atoms with Gasteiger partial charge in [-0.15, -0.1) is 0 Å². The Kier molecular flexibility index (Phi) is 2.30.